The fourth-order valence-electron chi connectivity index (χ4n) is 1.59. The predicted octanol–water partition coefficient (Wildman–Crippen LogP) is 2.73. The Morgan fingerprint density at radius 2 is 1.90 bits per heavy atom. The molecule has 1 aromatic rings. The second-order valence-electron chi connectivity index (χ2n) is 4.23. The van der Waals surface area contributed by atoms with Gasteiger partial charge in [0.2, 0.25) is 0 Å². The zero-order valence-electron chi connectivity index (χ0n) is 11.0. The van der Waals surface area contributed by atoms with E-state index in [9.17, 15) is 18.4 Å². The van der Waals surface area contributed by atoms with Crippen molar-refractivity contribution in [1.29, 1.82) is 0 Å². The van der Waals surface area contributed by atoms with Crippen molar-refractivity contribution >= 4 is 17.7 Å². The van der Waals surface area contributed by atoms with E-state index >= 15 is 0 Å². The lowest BCUT2D eigenvalue weighted by atomic mass is 10.1. The molecule has 1 unspecified atom stereocenters. The summed E-state index contributed by atoms with van der Waals surface area (Å²) in [6.07, 6.45) is 1.64. The van der Waals surface area contributed by atoms with E-state index in [0.29, 0.717) is 6.42 Å². The summed E-state index contributed by atoms with van der Waals surface area (Å²) >= 11 is 0. The lowest BCUT2D eigenvalue weighted by Crippen LogP contribution is -2.43. The highest BCUT2D eigenvalue weighted by atomic mass is 19.1. The van der Waals surface area contributed by atoms with Gasteiger partial charge in [0.05, 0.1) is 0 Å². The highest BCUT2D eigenvalue weighted by Crippen LogP contribution is 2.17. The molecule has 0 fully saturated rings. The number of amides is 2. The van der Waals surface area contributed by atoms with Gasteiger partial charge in [-0.1, -0.05) is 25.8 Å². The first kappa shape index (κ1) is 15.9. The van der Waals surface area contributed by atoms with Crippen LogP contribution in [0.3, 0.4) is 0 Å². The van der Waals surface area contributed by atoms with Crippen molar-refractivity contribution in [2.75, 3.05) is 5.32 Å². The van der Waals surface area contributed by atoms with E-state index in [1.54, 1.807) is 0 Å². The molecule has 0 bridgehead atoms. The Hall–Kier alpha value is -2.18. The Balaban J connectivity index is 2.68. The number of benzene rings is 1. The Morgan fingerprint density at radius 3 is 2.40 bits per heavy atom. The van der Waals surface area contributed by atoms with E-state index in [4.69, 9.17) is 5.11 Å². The van der Waals surface area contributed by atoms with Crippen molar-refractivity contribution in [1.82, 2.24) is 5.32 Å². The van der Waals surface area contributed by atoms with Gasteiger partial charge in [-0.15, -0.1) is 0 Å². The number of carbonyl (C=O) groups excluding carboxylic acids is 1. The molecule has 0 aliphatic carbocycles. The maximum Gasteiger partial charge on any atom is 0.326 e. The van der Waals surface area contributed by atoms with Gasteiger partial charge >= 0.3 is 12.0 Å². The number of para-hydroxylation sites is 1. The van der Waals surface area contributed by atoms with Crippen LogP contribution >= 0.6 is 0 Å². The fraction of sp³-hybridized carbons (Fsp3) is 0.385. The number of unbranched alkanes of at least 4 members (excludes halogenated alkanes) is 1. The number of hydrogen-bond donors (Lipinski definition) is 3. The van der Waals surface area contributed by atoms with E-state index in [1.807, 2.05) is 12.2 Å². The number of halogens is 2. The predicted molar refractivity (Wildman–Crippen MR) is 69.5 cm³/mol. The van der Waals surface area contributed by atoms with Crippen LogP contribution in [0, 0.1) is 11.6 Å². The highest BCUT2D eigenvalue weighted by Gasteiger charge is 2.20. The molecule has 0 saturated heterocycles. The number of anilines is 1. The molecule has 0 heterocycles. The molecule has 0 spiro atoms. The number of hydrogen-bond acceptors (Lipinski definition) is 2. The van der Waals surface area contributed by atoms with Crippen molar-refractivity contribution in [2.45, 2.75) is 32.2 Å². The molecular formula is C13H16F2N2O3. The van der Waals surface area contributed by atoms with Gasteiger partial charge in [0.25, 0.3) is 0 Å². The van der Waals surface area contributed by atoms with Gasteiger partial charge < -0.3 is 15.7 Å². The number of carboxylic acid groups (broad SMARTS) is 1. The zero-order chi connectivity index (χ0) is 15.1. The quantitative estimate of drug-likeness (QED) is 0.752. The fourth-order valence-corrected chi connectivity index (χ4v) is 1.59. The average molecular weight is 286 g/mol. The molecule has 5 nitrogen and oxygen atoms in total. The van der Waals surface area contributed by atoms with E-state index in [0.717, 1.165) is 24.6 Å². The molecule has 2 amide bonds. The van der Waals surface area contributed by atoms with Crippen LogP contribution in [-0.2, 0) is 4.79 Å². The van der Waals surface area contributed by atoms with Gasteiger partial charge in [-0.3, -0.25) is 0 Å². The van der Waals surface area contributed by atoms with Crippen LogP contribution in [0.2, 0.25) is 0 Å². The van der Waals surface area contributed by atoms with E-state index < -0.39 is 35.4 Å². The minimum atomic E-state index is -1.19. The summed E-state index contributed by atoms with van der Waals surface area (Å²) in [7, 11) is 0. The third-order valence-electron chi connectivity index (χ3n) is 2.65. The first-order chi connectivity index (χ1) is 9.45. The topological polar surface area (TPSA) is 78.4 Å². The minimum absolute atomic E-state index is 0.249. The number of carbonyl (C=O) groups is 2. The van der Waals surface area contributed by atoms with Crippen molar-refractivity contribution < 1.29 is 23.5 Å². The maximum atomic E-state index is 13.3. The number of rotatable bonds is 6. The molecule has 1 atom stereocenters. The maximum absolute atomic E-state index is 13.3. The Kier molecular flexibility index (Phi) is 5.89. The molecule has 7 heteroatoms. The molecule has 1 rings (SSSR count). The Morgan fingerprint density at radius 1 is 1.30 bits per heavy atom. The van der Waals surface area contributed by atoms with Crippen LogP contribution in [-0.4, -0.2) is 23.1 Å². The van der Waals surface area contributed by atoms with Crippen molar-refractivity contribution in [2.24, 2.45) is 0 Å². The summed E-state index contributed by atoms with van der Waals surface area (Å²) in [5.41, 5.74) is -0.607. The number of urea groups is 1. The first-order valence-electron chi connectivity index (χ1n) is 6.20. The Labute approximate surface area is 115 Å². The van der Waals surface area contributed by atoms with Gasteiger partial charge in [-0.2, -0.15) is 0 Å². The van der Waals surface area contributed by atoms with Gasteiger partial charge in [0.15, 0.2) is 0 Å². The second-order valence-corrected chi connectivity index (χ2v) is 4.23. The summed E-state index contributed by atoms with van der Waals surface area (Å²) in [4.78, 5) is 22.5. The summed E-state index contributed by atoms with van der Waals surface area (Å²) in [5.74, 6) is -3.05. The summed E-state index contributed by atoms with van der Waals surface area (Å²) in [5, 5.41) is 13.1. The molecule has 3 N–H and O–H groups in total. The van der Waals surface area contributed by atoms with Crippen LogP contribution in [0.5, 0.6) is 0 Å². The van der Waals surface area contributed by atoms with Crippen LogP contribution in [0.4, 0.5) is 19.3 Å². The molecular weight excluding hydrogens is 270 g/mol. The summed E-state index contributed by atoms with van der Waals surface area (Å²) < 4.78 is 26.6. The highest BCUT2D eigenvalue weighted by molar-refractivity contribution is 5.92. The van der Waals surface area contributed by atoms with E-state index in [-0.39, 0.29) is 6.42 Å². The largest absolute Gasteiger partial charge is 0.480 e. The number of carboxylic acids is 1. The summed E-state index contributed by atoms with van der Waals surface area (Å²) in [6.45, 7) is 1.88. The zero-order valence-corrected chi connectivity index (χ0v) is 11.0. The molecule has 0 radical (unpaired) electrons. The van der Waals surface area contributed by atoms with E-state index in [2.05, 4.69) is 5.32 Å². The minimum Gasteiger partial charge on any atom is -0.480 e. The van der Waals surface area contributed by atoms with Gasteiger partial charge in [-0.25, -0.2) is 18.4 Å². The van der Waals surface area contributed by atoms with Crippen molar-refractivity contribution in [3.8, 4) is 0 Å². The van der Waals surface area contributed by atoms with Crippen LogP contribution in [0.15, 0.2) is 18.2 Å². The Bertz CT molecular complexity index is 474. The van der Waals surface area contributed by atoms with Crippen molar-refractivity contribution in [3.63, 3.8) is 0 Å². The average Bonchev–Trinajstić information content (AvgIpc) is 2.38. The molecule has 0 aromatic heterocycles. The first-order valence-corrected chi connectivity index (χ1v) is 6.20. The van der Waals surface area contributed by atoms with Crippen molar-refractivity contribution in [3.05, 3.63) is 29.8 Å². The molecule has 20 heavy (non-hydrogen) atoms. The van der Waals surface area contributed by atoms with Gasteiger partial charge in [0.1, 0.15) is 23.4 Å². The van der Waals surface area contributed by atoms with Gasteiger partial charge in [0, 0.05) is 0 Å². The third kappa shape index (κ3) is 4.49. The summed E-state index contributed by atoms with van der Waals surface area (Å²) in [6, 6.07) is 1.09. The second kappa shape index (κ2) is 7.42. The normalized spacial score (nSPS) is 11.8. The lowest BCUT2D eigenvalue weighted by Gasteiger charge is -2.15. The lowest BCUT2D eigenvalue weighted by molar-refractivity contribution is -0.139. The third-order valence-corrected chi connectivity index (χ3v) is 2.65. The molecule has 0 aliphatic rings. The van der Waals surface area contributed by atoms with Crippen LogP contribution in [0.1, 0.15) is 26.2 Å². The van der Waals surface area contributed by atoms with Gasteiger partial charge in [-0.05, 0) is 18.6 Å². The van der Waals surface area contributed by atoms with E-state index in [1.165, 1.54) is 0 Å². The number of aliphatic carboxylic acids is 1. The monoisotopic (exact) mass is 286 g/mol. The standard InChI is InChI=1S/C13H16F2N2O3/c1-2-3-7-10(12(18)19)16-13(20)17-11-8(14)5-4-6-9(11)15/h4-6,10H,2-3,7H2,1H3,(H,18,19)(H2,16,17,20). The molecule has 110 valence electrons. The SMILES string of the molecule is CCCCC(NC(=O)Nc1c(F)cccc1F)C(=O)O. The molecule has 1 aromatic carbocycles. The number of nitrogens with one attached hydrogen (secondary N) is 2. The molecule has 0 aliphatic heterocycles. The van der Waals surface area contributed by atoms with Crippen LogP contribution < -0.4 is 10.6 Å². The molecule has 0 saturated carbocycles. The van der Waals surface area contributed by atoms with Crippen LogP contribution in [0.25, 0.3) is 0 Å². The smallest absolute Gasteiger partial charge is 0.326 e.